The average molecular weight is 400 g/mol. The lowest BCUT2D eigenvalue weighted by Gasteiger charge is -2.12. The van der Waals surface area contributed by atoms with Crippen LogP contribution in [-0.4, -0.2) is 25.1 Å². The summed E-state index contributed by atoms with van der Waals surface area (Å²) in [6.45, 7) is 0.540. The molecule has 0 radical (unpaired) electrons. The fourth-order valence-electron chi connectivity index (χ4n) is 2.41. The Labute approximate surface area is 150 Å². The van der Waals surface area contributed by atoms with Gasteiger partial charge in [0, 0.05) is 17.1 Å². The zero-order valence-corrected chi connectivity index (χ0v) is 15.0. The number of nitrogens with one attached hydrogen (secondary N) is 1. The number of nitrogens with two attached hydrogens (primary N) is 1. The van der Waals surface area contributed by atoms with E-state index in [1.165, 1.54) is 12.8 Å². The molecule has 1 unspecified atom stereocenters. The van der Waals surface area contributed by atoms with Crippen LogP contribution in [0.5, 0.6) is 5.75 Å². The zero-order chi connectivity index (χ0) is 15.5. The molecular formula is C17H20BrClN2O2. The number of carbonyl (C=O) groups is 1. The van der Waals surface area contributed by atoms with Crippen molar-refractivity contribution in [3.63, 3.8) is 0 Å². The van der Waals surface area contributed by atoms with Crippen LogP contribution in [0.15, 0.2) is 40.9 Å². The normalized spacial score (nSPS) is 14.9. The minimum atomic E-state index is -0.132. The van der Waals surface area contributed by atoms with Gasteiger partial charge in [0.15, 0.2) is 6.61 Å². The number of carbonyl (C=O) groups excluding carboxylic acids is 1. The van der Waals surface area contributed by atoms with Crippen LogP contribution < -0.4 is 15.8 Å². The van der Waals surface area contributed by atoms with Crippen LogP contribution in [0.25, 0.3) is 10.8 Å². The second-order valence-corrected chi connectivity index (χ2v) is 6.66. The summed E-state index contributed by atoms with van der Waals surface area (Å²) in [4.78, 5) is 11.8. The number of benzene rings is 2. The SMILES string of the molecule is Cl.NC(CNC(=O)COc1ccc2cc(Br)ccc2c1)C1CC1. The molecule has 23 heavy (non-hydrogen) atoms. The highest BCUT2D eigenvalue weighted by atomic mass is 79.9. The van der Waals surface area contributed by atoms with E-state index in [0.717, 1.165) is 15.2 Å². The molecule has 1 aliphatic carbocycles. The van der Waals surface area contributed by atoms with Crippen molar-refractivity contribution in [2.24, 2.45) is 11.7 Å². The maximum Gasteiger partial charge on any atom is 0.257 e. The lowest BCUT2D eigenvalue weighted by Crippen LogP contribution is -2.40. The molecule has 0 saturated heterocycles. The van der Waals surface area contributed by atoms with Gasteiger partial charge in [0.25, 0.3) is 5.91 Å². The van der Waals surface area contributed by atoms with Crippen molar-refractivity contribution >= 4 is 45.0 Å². The van der Waals surface area contributed by atoms with Crippen molar-refractivity contribution in [2.45, 2.75) is 18.9 Å². The van der Waals surface area contributed by atoms with Gasteiger partial charge in [0.2, 0.25) is 0 Å². The highest BCUT2D eigenvalue weighted by molar-refractivity contribution is 9.10. The van der Waals surface area contributed by atoms with Crippen molar-refractivity contribution in [2.75, 3.05) is 13.2 Å². The summed E-state index contributed by atoms with van der Waals surface area (Å²) in [7, 11) is 0. The Morgan fingerprint density at radius 1 is 1.26 bits per heavy atom. The Morgan fingerprint density at radius 3 is 2.70 bits per heavy atom. The third-order valence-corrected chi connectivity index (χ3v) is 4.40. The molecule has 3 rings (SSSR count). The number of halogens is 2. The van der Waals surface area contributed by atoms with E-state index >= 15 is 0 Å². The average Bonchev–Trinajstić information content (AvgIpc) is 3.35. The van der Waals surface area contributed by atoms with Gasteiger partial charge >= 0.3 is 0 Å². The van der Waals surface area contributed by atoms with Gasteiger partial charge in [-0.25, -0.2) is 0 Å². The molecule has 0 spiro atoms. The maximum atomic E-state index is 11.8. The molecular weight excluding hydrogens is 380 g/mol. The summed E-state index contributed by atoms with van der Waals surface area (Å²) in [6, 6.07) is 11.9. The molecule has 1 atom stereocenters. The highest BCUT2D eigenvalue weighted by Gasteiger charge is 2.28. The van der Waals surface area contributed by atoms with Gasteiger partial charge in [-0.2, -0.15) is 0 Å². The molecule has 3 N–H and O–H groups in total. The number of fused-ring (bicyclic) bond motifs is 1. The summed E-state index contributed by atoms with van der Waals surface area (Å²) in [5.74, 6) is 1.14. The van der Waals surface area contributed by atoms with Gasteiger partial charge in [-0.15, -0.1) is 12.4 Å². The molecule has 0 bridgehead atoms. The van der Waals surface area contributed by atoms with Crippen LogP contribution in [-0.2, 0) is 4.79 Å². The Balaban J connectivity index is 0.00000192. The van der Waals surface area contributed by atoms with E-state index in [0.29, 0.717) is 18.2 Å². The third-order valence-electron chi connectivity index (χ3n) is 3.91. The quantitative estimate of drug-likeness (QED) is 0.783. The molecule has 2 aromatic rings. The second-order valence-electron chi connectivity index (χ2n) is 5.75. The Bertz CT molecular complexity index is 691. The largest absolute Gasteiger partial charge is 0.484 e. The Kier molecular flexibility index (Phi) is 6.27. The predicted octanol–water partition coefficient (Wildman–Crippen LogP) is 3.26. The molecule has 0 heterocycles. The number of ether oxygens (including phenoxy) is 1. The fraction of sp³-hybridized carbons (Fsp3) is 0.353. The molecule has 0 aromatic heterocycles. The maximum absolute atomic E-state index is 11.8. The smallest absolute Gasteiger partial charge is 0.257 e. The van der Waals surface area contributed by atoms with Crippen LogP contribution in [0.1, 0.15) is 12.8 Å². The van der Waals surface area contributed by atoms with Gasteiger partial charge in [0.05, 0.1) is 0 Å². The van der Waals surface area contributed by atoms with E-state index in [1.54, 1.807) is 0 Å². The van der Waals surface area contributed by atoms with Crippen LogP contribution in [0, 0.1) is 5.92 Å². The summed E-state index contributed by atoms with van der Waals surface area (Å²) >= 11 is 3.45. The van der Waals surface area contributed by atoms with Crippen LogP contribution in [0.3, 0.4) is 0 Å². The van der Waals surface area contributed by atoms with E-state index in [-0.39, 0.29) is 31.0 Å². The van der Waals surface area contributed by atoms with Crippen molar-refractivity contribution in [1.29, 1.82) is 0 Å². The molecule has 4 nitrogen and oxygen atoms in total. The predicted molar refractivity (Wildman–Crippen MR) is 98.1 cm³/mol. The summed E-state index contributed by atoms with van der Waals surface area (Å²) in [5.41, 5.74) is 5.95. The molecule has 6 heteroatoms. The minimum absolute atomic E-state index is 0. The number of hydrogen-bond acceptors (Lipinski definition) is 3. The van der Waals surface area contributed by atoms with Gasteiger partial charge in [-0.1, -0.05) is 28.1 Å². The second kappa shape index (κ2) is 7.99. The first-order valence-corrected chi connectivity index (χ1v) is 8.25. The van der Waals surface area contributed by atoms with Gasteiger partial charge in [-0.3, -0.25) is 4.79 Å². The van der Waals surface area contributed by atoms with Gasteiger partial charge < -0.3 is 15.8 Å². The lowest BCUT2D eigenvalue weighted by molar-refractivity contribution is -0.123. The topological polar surface area (TPSA) is 64.3 Å². The van der Waals surface area contributed by atoms with Crippen LogP contribution >= 0.6 is 28.3 Å². The Morgan fingerprint density at radius 2 is 1.96 bits per heavy atom. The molecule has 1 aliphatic rings. The van der Waals surface area contributed by atoms with E-state index in [9.17, 15) is 4.79 Å². The van der Waals surface area contributed by atoms with E-state index in [1.807, 2.05) is 36.4 Å². The molecule has 124 valence electrons. The monoisotopic (exact) mass is 398 g/mol. The first-order valence-electron chi connectivity index (χ1n) is 7.46. The van der Waals surface area contributed by atoms with Crippen molar-refractivity contribution in [1.82, 2.24) is 5.32 Å². The highest BCUT2D eigenvalue weighted by Crippen LogP contribution is 2.31. The molecule has 0 aliphatic heterocycles. The van der Waals surface area contributed by atoms with Crippen LogP contribution in [0.2, 0.25) is 0 Å². The molecule has 2 aromatic carbocycles. The third kappa shape index (κ3) is 5.09. The summed E-state index contributed by atoms with van der Waals surface area (Å²) < 4.78 is 6.59. The van der Waals surface area contributed by atoms with Gasteiger partial charge in [-0.05, 0) is 53.8 Å². The molecule has 1 saturated carbocycles. The van der Waals surface area contributed by atoms with Crippen molar-refractivity contribution in [3.05, 3.63) is 40.9 Å². The zero-order valence-electron chi connectivity index (χ0n) is 12.6. The number of rotatable bonds is 6. The number of hydrogen-bond donors (Lipinski definition) is 2. The van der Waals surface area contributed by atoms with E-state index in [4.69, 9.17) is 10.5 Å². The lowest BCUT2D eigenvalue weighted by atomic mass is 10.1. The summed E-state index contributed by atoms with van der Waals surface area (Å²) in [6.07, 6.45) is 2.36. The van der Waals surface area contributed by atoms with Crippen molar-refractivity contribution < 1.29 is 9.53 Å². The first-order chi connectivity index (χ1) is 10.6. The van der Waals surface area contributed by atoms with Crippen molar-refractivity contribution in [3.8, 4) is 5.75 Å². The fourth-order valence-corrected chi connectivity index (χ4v) is 2.79. The first kappa shape index (κ1) is 18.0. The van der Waals surface area contributed by atoms with E-state index in [2.05, 4.69) is 21.2 Å². The Hall–Kier alpha value is -1.30. The van der Waals surface area contributed by atoms with E-state index < -0.39 is 0 Å². The summed E-state index contributed by atoms with van der Waals surface area (Å²) in [5, 5.41) is 5.03. The molecule has 1 fully saturated rings. The minimum Gasteiger partial charge on any atom is -0.484 e. The molecule has 1 amide bonds. The van der Waals surface area contributed by atoms with Gasteiger partial charge in [0.1, 0.15) is 5.75 Å². The standard InChI is InChI=1S/C17H19BrN2O2.ClH/c18-14-5-3-13-8-15(6-4-12(13)7-14)22-10-17(21)20-9-16(19)11-1-2-11;/h3-8,11,16H,1-2,9-10,19H2,(H,20,21);1H. The number of amides is 1. The van der Waals surface area contributed by atoms with Crippen LogP contribution in [0.4, 0.5) is 0 Å².